The highest BCUT2D eigenvalue weighted by Gasteiger charge is 2.07. The van der Waals surface area contributed by atoms with Gasteiger partial charge in [0.05, 0.1) is 9.90 Å². The number of carboxylic acids is 1. The van der Waals surface area contributed by atoms with E-state index in [0.29, 0.717) is 18.9 Å². The molecule has 0 aliphatic carbocycles. The molecule has 6 heteroatoms. The molecule has 2 N–H and O–H groups in total. The molecule has 4 nitrogen and oxygen atoms in total. The highest BCUT2D eigenvalue weighted by molar-refractivity contribution is 7.16. The lowest BCUT2D eigenvalue weighted by atomic mass is 10.2. The molecule has 0 aliphatic rings. The summed E-state index contributed by atoms with van der Waals surface area (Å²) >= 11 is 7.47. The molecule has 0 aliphatic heterocycles. The maximum absolute atomic E-state index is 10.7. The number of carbonyl (C=O) groups is 1. The fourth-order valence-electron chi connectivity index (χ4n) is 1.80. The molecular weight excluding hydrogens is 310 g/mol. The van der Waals surface area contributed by atoms with E-state index in [1.165, 1.54) is 17.0 Å². The minimum absolute atomic E-state index is 0.223. The number of nitrogens with one attached hydrogen (secondary N) is 1. The molecule has 2 aromatic rings. The molecular formula is C15H16ClNO3S. The Morgan fingerprint density at radius 2 is 2.05 bits per heavy atom. The normalized spacial score (nSPS) is 12.1. The van der Waals surface area contributed by atoms with Crippen LogP contribution in [0.3, 0.4) is 0 Å². The Balaban J connectivity index is 1.73. The average molecular weight is 326 g/mol. The lowest BCUT2D eigenvalue weighted by Gasteiger charge is -2.12. The summed E-state index contributed by atoms with van der Waals surface area (Å²) in [5.41, 5.74) is 0.253. The number of carboxylic acid groups (broad SMARTS) is 1. The molecule has 0 fully saturated rings. The Morgan fingerprint density at radius 3 is 2.62 bits per heavy atom. The summed E-state index contributed by atoms with van der Waals surface area (Å²) in [4.78, 5) is 11.9. The van der Waals surface area contributed by atoms with Crippen molar-refractivity contribution in [3.8, 4) is 5.75 Å². The van der Waals surface area contributed by atoms with Gasteiger partial charge in [0.1, 0.15) is 12.4 Å². The molecule has 1 atom stereocenters. The van der Waals surface area contributed by atoms with E-state index in [2.05, 4.69) is 12.2 Å². The molecule has 1 heterocycles. The molecule has 0 amide bonds. The van der Waals surface area contributed by atoms with Crippen molar-refractivity contribution in [2.75, 3.05) is 13.2 Å². The van der Waals surface area contributed by atoms with Crippen molar-refractivity contribution in [1.29, 1.82) is 0 Å². The van der Waals surface area contributed by atoms with Crippen molar-refractivity contribution in [3.63, 3.8) is 0 Å². The van der Waals surface area contributed by atoms with E-state index in [0.717, 1.165) is 4.34 Å². The minimum Gasteiger partial charge on any atom is -0.492 e. The highest BCUT2D eigenvalue weighted by Crippen LogP contribution is 2.26. The lowest BCUT2D eigenvalue weighted by Crippen LogP contribution is -2.23. The first kappa shape index (κ1) is 15.8. The van der Waals surface area contributed by atoms with Crippen LogP contribution in [0, 0.1) is 0 Å². The standard InChI is InChI=1S/C15H16ClNO3S/c1-10(13-6-7-14(16)21-13)17-8-9-20-12-4-2-11(3-5-12)15(18)19/h2-7,10,17H,8-9H2,1H3,(H,18,19). The fourth-order valence-corrected chi connectivity index (χ4v) is 2.89. The molecule has 1 aromatic heterocycles. The molecule has 112 valence electrons. The first-order chi connectivity index (χ1) is 10.1. The number of halogens is 1. The first-order valence-corrected chi connectivity index (χ1v) is 7.70. The Hall–Kier alpha value is -1.56. The Bertz CT molecular complexity index is 597. The minimum atomic E-state index is -0.938. The van der Waals surface area contributed by atoms with Crippen molar-refractivity contribution in [2.24, 2.45) is 0 Å². The number of hydrogen-bond acceptors (Lipinski definition) is 4. The number of rotatable bonds is 7. The molecule has 0 saturated carbocycles. The predicted octanol–water partition coefficient (Wildman–Crippen LogP) is 3.83. The zero-order chi connectivity index (χ0) is 15.2. The summed E-state index contributed by atoms with van der Waals surface area (Å²) in [5, 5.41) is 12.1. The molecule has 1 aromatic carbocycles. The molecule has 0 saturated heterocycles. The number of ether oxygens (including phenoxy) is 1. The van der Waals surface area contributed by atoms with Crippen molar-refractivity contribution < 1.29 is 14.6 Å². The van der Waals surface area contributed by atoms with Gasteiger partial charge in [0.25, 0.3) is 0 Å². The fraction of sp³-hybridized carbons (Fsp3) is 0.267. The van der Waals surface area contributed by atoms with Crippen molar-refractivity contribution in [3.05, 3.63) is 51.2 Å². The highest BCUT2D eigenvalue weighted by atomic mass is 35.5. The van der Waals surface area contributed by atoms with E-state index in [9.17, 15) is 4.79 Å². The van der Waals surface area contributed by atoms with Gasteiger partial charge in [-0.1, -0.05) is 11.6 Å². The third-order valence-corrected chi connectivity index (χ3v) is 4.36. The van der Waals surface area contributed by atoms with Crippen molar-refractivity contribution >= 4 is 28.9 Å². The summed E-state index contributed by atoms with van der Waals surface area (Å²) in [5.74, 6) is -0.278. The van der Waals surface area contributed by atoms with Crippen LogP contribution < -0.4 is 10.1 Å². The first-order valence-electron chi connectivity index (χ1n) is 6.51. The van der Waals surface area contributed by atoms with Gasteiger partial charge in [-0.15, -0.1) is 11.3 Å². The Kier molecular flexibility index (Phi) is 5.61. The third kappa shape index (κ3) is 4.74. The third-order valence-electron chi connectivity index (χ3n) is 2.94. The van der Waals surface area contributed by atoms with Gasteiger partial charge in [-0.2, -0.15) is 0 Å². The summed E-state index contributed by atoms with van der Waals surface area (Å²) in [6.07, 6.45) is 0. The van der Waals surface area contributed by atoms with Gasteiger partial charge in [0, 0.05) is 17.5 Å². The van der Waals surface area contributed by atoms with Crippen molar-refractivity contribution in [2.45, 2.75) is 13.0 Å². The zero-order valence-corrected chi connectivity index (χ0v) is 13.1. The molecule has 1 unspecified atom stereocenters. The van der Waals surface area contributed by atoms with Crippen LogP contribution in [0.25, 0.3) is 0 Å². The Labute approximate surface area is 132 Å². The van der Waals surface area contributed by atoms with Gasteiger partial charge >= 0.3 is 5.97 Å². The van der Waals surface area contributed by atoms with Crippen LogP contribution in [0.4, 0.5) is 0 Å². The second-order valence-corrected chi connectivity index (χ2v) is 6.24. The number of hydrogen-bond donors (Lipinski definition) is 2. The van der Waals surface area contributed by atoms with Gasteiger partial charge in [-0.25, -0.2) is 4.79 Å². The van der Waals surface area contributed by atoms with Gasteiger partial charge in [-0.3, -0.25) is 0 Å². The number of thiophene rings is 1. The SMILES string of the molecule is CC(NCCOc1ccc(C(=O)O)cc1)c1ccc(Cl)s1. The summed E-state index contributed by atoms with van der Waals surface area (Å²) < 4.78 is 6.34. The number of benzene rings is 1. The van der Waals surface area contributed by atoms with Gasteiger partial charge in [0.2, 0.25) is 0 Å². The van der Waals surface area contributed by atoms with E-state index < -0.39 is 5.97 Å². The maximum Gasteiger partial charge on any atom is 0.335 e. The monoisotopic (exact) mass is 325 g/mol. The van der Waals surface area contributed by atoms with E-state index in [1.54, 1.807) is 23.5 Å². The van der Waals surface area contributed by atoms with Crippen LogP contribution in [0.1, 0.15) is 28.2 Å². The second-order valence-electron chi connectivity index (χ2n) is 4.50. The predicted molar refractivity (Wildman–Crippen MR) is 84.6 cm³/mol. The van der Waals surface area contributed by atoms with Gasteiger partial charge in [0.15, 0.2) is 0 Å². The zero-order valence-electron chi connectivity index (χ0n) is 11.5. The number of aromatic carboxylic acids is 1. The van der Waals surface area contributed by atoms with Gasteiger partial charge in [-0.05, 0) is 43.3 Å². The van der Waals surface area contributed by atoms with Crippen molar-refractivity contribution in [1.82, 2.24) is 5.32 Å². The maximum atomic E-state index is 10.7. The lowest BCUT2D eigenvalue weighted by molar-refractivity contribution is 0.0697. The quantitative estimate of drug-likeness (QED) is 0.760. The Morgan fingerprint density at radius 1 is 1.33 bits per heavy atom. The average Bonchev–Trinajstić information content (AvgIpc) is 2.90. The molecule has 2 rings (SSSR count). The van der Waals surface area contributed by atoms with Crippen LogP contribution in [-0.2, 0) is 0 Å². The van der Waals surface area contributed by atoms with E-state index in [1.807, 2.05) is 12.1 Å². The van der Waals surface area contributed by atoms with Crippen LogP contribution in [-0.4, -0.2) is 24.2 Å². The summed E-state index contributed by atoms with van der Waals surface area (Å²) in [6.45, 7) is 3.27. The van der Waals surface area contributed by atoms with Gasteiger partial charge < -0.3 is 15.2 Å². The van der Waals surface area contributed by atoms with E-state index in [-0.39, 0.29) is 11.6 Å². The van der Waals surface area contributed by atoms with Crippen LogP contribution in [0.5, 0.6) is 5.75 Å². The second kappa shape index (κ2) is 7.45. The molecule has 0 bridgehead atoms. The smallest absolute Gasteiger partial charge is 0.335 e. The topological polar surface area (TPSA) is 58.6 Å². The van der Waals surface area contributed by atoms with E-state index in [4.69, 9.17) is 21.4 Å². The summed E-state index contributed by atoms with van der Waals surface area (Å²) in [6, 6.07) is 10.5. The molecule has 0 spiro atoms. The van der Waals surface area contributed by atoms with Crippen LogP contribution in [0.15, 0.2) is 36.4 Å². The van der Waals surface area contributed by atoms with E-state index >= 15 is 0 Å². The van der Waals surface area contributed by atoms with Crippen LogP contribution >= 0.6 is 22.9 Å². The summed E-state index contributed by atoms with van der Waals surface area (Å²) in [7, 11) is 0. The molecule has 21 heavy (non-hydrogen) atoms. The largest absolute Gasteiger partial charge is 0.492 e. The van der Waals surface area contributed by atoms with Crippen LogP contribution in [0.2, 0.25) is 4.34 Å². The molecule has 0 radical (unpaired) electrons.